The predicted octanol–water partition coefficient (Wildman–Crippen LogP) is 2.55. The van der Waals surface area contributed by atoms with Gasteiger partial charge in [-0.25, -0.2) is 0 Å². The normalized spacial score (nSPS) is 25.4. The lowest BCUT2D eigenvalue weighted by atomic mass is 9.98. The first-order valence-electron chi connectivity index (χ1n) is 8.19. The largest absolute Gasteiger partial charge is 0.300 e. The van der Waals surface area contributed by atoms with Crippen LogP contribution in [0.25, 0.3) is 0 Å². The molecule has 1 atom stereocenters. The van der Waals surface area contributed by atoms with Crippen LogP contribution in [0, 0.1) is 5.92 Å². The quantitative estimate of drug-likeness (QED) is 0.764. The monoisotopic (exact) mass is 266 g/mol. The molecule has 0 aliphatic carbocycles. The summed E-state index contributed by atoms with van der Waals surface area (Å²) >= 11 is 0. The molecule has 0 bridgehead atoms. The van der Waals surface area contributed by atoms with Crippen molar-refractivity contribution in [3.8, 4) is 0 Å². The molecule has 19 heavy (non-hydrogen) atoms. The minimum atomic E-state index is 0.236. The van der Waals surface area contributed by atoms with E-state index in [0.717, 1.165) is 25.6 Å². The van der Waals surface area contributed by atoms with E-state index in [0.29, 0.717) is 12.3 Å². The van der Waals surface area contributed by atoms with Crippen LogP contribution in [0.3, 0.4) is 0 Å². The number of ketones is 1. The number of hydrogen-bond donors (Lipinski definition) is 0. The highest BCUT2D eigenvalue weighted by Crippen LogP contribution is 2.21. The number of likely N-dealkylation sites (tertiary alicyclic amines) is 2. The van der Waals surface area contributed by atoms with Gasteiger partial charge in [-0.05, 0) is 45.2 Å². The Morgan fingerprint density at radius 1 is 1.11 bits per heavy atom. The van der Waals surface area contributed by atoms with E-state index in [1.165, 1.54) is 45.2 Å². The average molecular weight is 266 g/mol. The Labute approximate surface area is 118 Å². The fourth-order valence-corrected chi connectivity index (χ4v) is 3.33. The van der Waals surface area contributed by atoms with Gasteiger partial charge in [-0.1, -0.05) is 20.3 Å². The van der Waals surface area contributed by atoms with Gasteiger partial charge >= 0.3 is 0 Å². The van der Waals surface area contributed by atoms with E-state index in [2.05, 4.69) is 23.6 Å². The van der Waals surface area contributed by atoms with Crippen LogP contribution in [0.15, 0.2) is 0 Å². The molecule has 2 rings (SSSR count). The SMILES string of the molecule is CCC(C)C(=O)CN1CCC(N2CCCCC2)CC1. The van der Waals surface area contributed by atoms with E-state index in [4.69, 9.17) is 0 Å². The van der Waals surface area contributed by atoms with Gasteiger partial charge in [-0.15, -0.1) is 0 Å². The molecular formula is C16H30N2O. The highest BCUT2D eigenvalue weighted by Gasteiger charge is 2.26. The molecule has 0 aromatic rings. The van der Waals surface area contributed by atoms with Gasteiger partial charge in [-0.3, -0.25) is 9.69 Å². The zero-order valence-electron chi connectivity index (χ0n) is 12.7. The van der Waals surface area contributed by atoms with Gasteiger partial charge in [-0.2, -0.15) is 0 Å². The van der Waals surface area contributed by atoms with Crippen LogP contribution in [-0.4, -0.2) is 54.3 Å². The minimum absolute atomic E-state index is 0.236. The van der Waals surface area contributed by atoms with Crippen molar-refractivity contribution in [2.75, 3.05) is 32.7 Å². The van der Waals surface area contributed by atoms with E-state index in [1.807, 2.05) is 0 Å². The summed E-state index contributed by atoms with van der Waals surface area (Å²) in [4.78, 5) is 17.0. The van der Waals surface area contributed by atoms with Gasteiger partial charge in [0, 0.05) is 25.0 Å². The van der Waals surface area contributed by atoms with Crippen molar-refractivity contribution in [3.05, 3.63) is 0 Å². The van der Waals surface area contributed by atoms with Crippen molar-refractivity contribution in [2.45, 2.75) is 58.4 Å². The first kappa shape index (κ1) is 15.0. The molecule has 0 aromatic heterocycles. The van der Waals surface area contributed by atoms with Crippen LogP contribution in [-0.2, 0) is 4.79 Å². The van der Waals surface area contributed by atoms with Crippen LogP contribution in [0.5, 0.6) is 0 Å². The molecule has 110 valence electrons. The summed E-state index contributed by atoms with van der Waals surface area (Å²) in [5, 5.41) is 0. The van der Waals surface area contributed by atoms with Crippen LogP contribution < -0.4 is 0 Å². The molecule has 2 aliphatic rings. The lowest BCUT2D eigenvalue weighted by Gasteiger charge is -2.40. The lowest BCUT2D eigenvalue weighted by molar-refractivity contribution is -0.124. The van der Waals surface area contributed by atoms with E-state index >= 15 is 0 Å². The molecule has 0 radical (unpaired) electrons. The predicted molar refractivity (Wildman–Crippen MR) is 79.3 cm³/mol. The van der Waals surface area contributed by atoms with E-state index in [1.54, 1.807) is 0 Å². The minimum Gasteiger partial charge on any atom is -0.300 e. The molecule has 3 heteroatoms. The maximum Gasteiger partial charge on any atom is 0.149 e. The summed E-state index contributed by atoms with van der Waals surface area (Å²) in [6.07, 6.45) is 7.67. The number of carbonyl (C=O) groups excluding carboxylic acids is 1. The number of nitrogens with zero attached hydrogens (tertiary/aromatic N) is 2. The number of rotatable bonds is 5. The van der Waals surface area contributed by atoms with Gasteiger partial charge in [0.25, 0.3) is 0 Å². The number of Topliss-reactive ketones (excluding diaryl/α,β-unsaturated/α-hetero) is 1. The molecule has 1 unspecified atom stereocenters. The molecule has 0 saturated carbocycles. The van der Waals surface area contributed by atoms with Crippen LogP contribution >= 0.6 is 0 Å². The molecule has 0 aromatic carbocycles. The maximum atomic E-state index is 12.0. The standard InChI is InChI=1S/C16H30N2O/c1-3-14(2)16(19)13-17-11-7-15(8-12-17)18-9-5-4-6-10-18/h14-15H,3-13H2,1-2H3. The van der Waals surface area contributed by atoms with E-state index in [9.17, 15) is 4.79 Å². The molecule has 2 saturated heterocycles. The maximum absolute atomic E-state index is 12.0. The third-order valence-electron chi connectivity index (χ3n) is 5.01. The molecule has 0 amide bonds. The average Bonchev–Trinajstić information content (AvgIpc) is 2.48. The molecular weight excluding hydrogens is 236 g/mol. The third-order valence-corrected chi connectivity index (χ3v) is 5.01. The van der Waals surface area contributed by atoms with E-state index < -0.39 is 0 Å². The van der Waals surface area contributed by atoms with Crippen LogP contribution in [0.2, 0.25) is 0 Å². The third kappa shape index (κ3) is 4.28. The Bertz CT molecular complexity index is 278. The summed E-state index contributed by atoms with van der Waals surface area (Å²) < 4.78 is 0. The Kier molecular flexibility index (Phi) is 5.83. The van der Waals surface area contributed by atoms with Crippen LogP contribution in [0.4, 0.5) is 0 Å². The summed E-state index contributed by atoms with van der Waals surface area (Å²) in [5.41, 5.74) is 0. The Hall–Kier alpha value is -0.410. The summed E-state index contributed by atoms with van der Waals surface area (Å²) in [7, 11) is 0. The number of piperidine rings is 2. The zero-order valence-corrected chi connectivity index (χ0v) is 12.7. The first-order chi connectivity index (χ1) is 9.20. The Morgan fingerprint density at radius 3 is 2.32 bits per heavy atom. The molecule has 2 aliphatic heterocycles. The molecule has 0 spiro atoms. The highest BCUT2D eigenvalue weighted by atomic mass is 16.1. The summed E-state index contributed by atoms with van der Waals surface area (Å²) in [5.74, 6) is 0.666. The fraction of sp³-hybridized carbons (Fsp3) is 0.938. The second-order valence-electron chi connectivity index (χ2n) is 6.38. The summed E-state index contributed by atoms with van der Waals surface area (Å²) in [6.45, 7) is 9.68. The Morgan fingerprint density at radius 2 is 1.74 bits per heavy atom. The van der Waals surface area contributed by atoms with Gasteiger partial charge in [0.2, 0.25) is 0 Å². The zero-order chi connectivity index (χ0) is 13.7. The lowest BCUT2D eigenvalue weighted by Crippen LogP contribution is -2.48. The smallest absolute Gasteiger partial charge is 0.149 e. The number of carbonyl (C=O) groups is 1. The number of hydrogen-bond acceptors (Lipinski definition) is 3. The van der Waals surface area contributed by atoms with Crippen molar-refractivity contribution >= 4 is 5.78 Å². The molecule has 2 fully saturated rings. The van der Waals surface area contributed by atoms with Gasteiger partial charge < -0.3 is 4.90 Å². The fourth-order valence-electron chi connectivity index (χ4n) is 3.33. The molecule has 0 N–H and O–H groups in total. The topological polar surface area (TPSA) is 23.6 Å². The van der Waals surface area contributed by atoms with Crippen molar-refractivity contribution in [2.24, 2.45) is 5.92 Å². The van der Waals surface area contributed by atoms with Crippen LogP contribution in [0.1, 0.15) is 52.4 Å². The van der Waals surface area contributed by atoms with Crippen molar-refractivity contribution in [1.29, 1.82) is 0 Å². The molecule has 3 nitrogen and oxygen atoms in total. The van der Waals surface area contributed by atoms with Gasteiger partial charge in [0.15, 0.2) is 0 Å². The highest BCUT2D eigenvalue weighted by molar-refractivity contribution is 5.82. The summed E-state index contributed by atoms with van der Waals surface area (Å²) in [6, 6.07) is 0.787. The van der Waals surface area contributed by atoms with E-state index in [-0.39, 0.29) is 5.92 Å². The Balaban J connectivity index is 1.71. The van der Waals surface area contributed by atoms with Crippen molar-refractivity contribution in [3.63, 3.8) is 0 Å². The van der Waals surface area contributed by atoms with Crippen molar-refractivity contribution in [1.82, 2.24) is 9.80 Å². The molecule has 2 heterocycles. The van der Waals surface area contributed by atoms with Gasteiger partial charge in [0.1, 0.15) is 5.78 Å². The first-order valence-corrected chi connectivity index (χ1v) is 8.19. The second kappa shape index (κ2) is 7.39. The van der Waals surface area contributed by atoms with Crippen molar-refractivity contribution < 1.29 is 4.79 Å². The second-order valence-corrected chi connectivity index (χ2v) is 6.38. The van der Waals surface area contributed by atoms with Gasteiger partial charge in [0.05, 0.1) is 6.54 Å².